The van der Waals surface area contributed by atoms with Crippen LogP contribution in [0, 0.1) is 0 Å². The highest BCUT2D eigenvalue weighted by Crippen LogP contribution is 2.12. The zero-order valence-corrected chi connectivity index (χ0v) is 12.7. The normalized spacial score (nSPS) is 12.0. The van der Waals surface area contributed by atoms with E-state index in [0.29, 0.717) is 12.0 Å². The van der Waals surface area contributed by atoms with Crippen LogP contribution < -0.4 is 10.9 Å². The van der Waals surface area contributed by atoms with Crippen LogP contribution in [0.1, 0.15) is 22.8 Å². The van der Waals surface area contributed by atoms with Gasteiger partial charge in [-0.15, -0.1) is 0 Å². The number of amides is 1. The van der Waals surface area contributed by atoms with Crippen molar-refractivity contribution in [1.29, 1.82) is 0 Å². The highest BCUT2D eigenvalue weighted by atomic mass is 16.4. The molecule has 0 radical (unpaired) electrons. The van der Waals surface area contributed by atoms with Crippen molar-refractivity contribution in [3.63, 3.8) is 0 Å². The van der Waals surface area contributed by atoms with Crippen LogP contribution in [0.5, 0.6) is 0 Å². The number of fused-ring (bicyclic) bond motifs is 1. The number of hydrogen-bond donors (Lipinski definition) is 1. The first kappa shape index (κ1) is 15.0. The molecule has 23 heavy (non-hydrogen) atoms. The van der Waals surface area contributed by atoms with E-state index >= 15 is 0 Å². The van der Waals surface area contributed by atoms with Gasteiger partial charge in [0.05, 0.1) is 0 Å². The first-order chi connectivity index (χ1) is 11.1. The molecule has 1 atom stereocenters. The van der Waals surface area contributed by atoms with E-state index in [-0.39, 0.29) is 11.6 Å². The van der Waals surface area contributed by atoms with Crippen LogP contribution in [0.3, 0.4) is 0 Å². The molecule has 1 aromatic carbocycles. The maximum Gasteiger partial charge on any atom is 0.349 e. The minimum atomic E-state index is -0.630. The summed E-state index contributed by atoms with van der Waals surface area (Å²) in [6.45, 7) is 1.88. The smallest absolute Gasteiger partial charge is 0.349 e. The van der Waals surface area contributed by atoms with Crippen molar-refractivity contribution >= 4 is 16.9 Å². The Labute approximate surface area is 133 Å². The molecule has 1 unspecified atom stereocenters. The predicted octanol–water partition coefficient (Wildman–Crippen LogP) is 2.55. The van der Waals surface area contributed by atoms with Crippen molar-refractivity contribution in [2.45, 2.75) is 19.4 Å². The maximum atomic E-state index is 12.3. The summed E-state index contributed by atoms with van der Waals surface area (Å²) in [5, 5.41) is 3.54. The van der Waals surface area contributed by atoms with Crippen LogP contribution >= 0.6 is 0 Å². The third-order valence-electron chi connectivity index (χ3n) is 3.53. The fourth-order valence-electron chi connectivity index (χ4n) is 2.45. The van der Waals surface area contributed by atoms with Crippen molar-refractivity contribution in [2.24, 2.45) is 0 Å². The summed E-state index contributed by atoms with van der Waals surface area (Å²) in [5.74, 6) is -0.430. The molecule has 5 heteroatoms. The van der Waals surface area contributed by atoms with Gasteiger partial charge in [0.25, 0.3) is 5.91 Å². The van der Waals surface area contributed by atoms with E-state index < -0.39 is 11.5 Å². The molecular formula is C18H16N2O3. The van der Waals surface area contributed by atoms with Crippen LogP contribution in [0.25, 0.3) is 11.0 Å². The van der Waals surface area contributed by atoms with Gasteiger partial charge in [-0.3, -0.25) is 9.78 Å². The molecule has 3 aromatic rings. The van der Waals surface area contributed by atoms with Crippen molar-refractivity contribution in [3.05, 3.63) is 76.4 Å². The van der Waals surface area contributed by atoms with E-state index in [4.69, 9.17) is 4.42 Å². The number of hydrogen-bond acceptors (Lipinski definition) is 4. The monoisotopic (exact) mass is 308 g/mol. The van der Waals surface area contributed by atoms with Gasteiger partial charge in [-0.1, -0.05) is 24.3 Å². The molecule has 1 amide bonds. The third-order valence-corrected chi connectivity index (χ3v) is 3.53. The Kier molecular flexibility index (Phi) is 4.19. The van der Waals surface area contributed by atoms with Gasteiger partial charge in [0, 0.05) is 23.8 Å². The molecule has 0 bridgehead atoms. The average molecular weight is 308 g/mol. The molecule has 1 N–H and O–H groups in total. The summed E-state index contributed by atoms with van der Waals surface area (Å²) in [4.78, 5) is 28.3. The Bertz CT molecular complexity index is 887. The lowest BCUT2D eigenvalue weighted by Gasteiger charge is -2.13. The van der Waals surface area contributed by atoms with E-state index in [1.807, 2.05) is 25.1 Å². The number of pyridine rings is 1. The number of nitrogens with zero attached hydrogens (tertiary/aromatic N) is 1. The van der Waals surface area contributed by atoms with Crippen molar-refractivity contribution < 1.29 is 9.21 Å². The van der Waals surface area contributed by atoms with E-state index in [1.54, 1.807) is 36.7 Å². The highest BCUT2D eigenvalue weighted by Gasteiger charge is 2.16. The standard InChI is InChI=1S/C18H16N2O3/c1-12(9-13-5-4-8-19-11-13)20-17(21)15-10-14-6-2-3-7-16(14)23-18(15)22/h2-8,10-12H,9H2,1H3,(H,20,21). The lowest BCUT2D eigenvalue weighted by Crippen LogP contribution is -2.36. The van der Waals surface area contributed by atoms with Gasteiger partial charge in [-0.2, -0.15) is 0 Å². The summed E-state index contributed by atoms with van der Waals surface area (Å²) in [5.41, 5.74) is 0.875. The SMILES string of the molecule is CC(Cc1cccnc1)NC(=O)c1cc2ccccc2oc1=O. The number of nitrogens with one attached hydrogen (secondary N) is 1. The number of rotatable bonds is 4. The number of para-hydroxylation sites is 1. The summed E-state index contributed by atoms with van der Waals surface area (Å²) in [6.07, 6.45) is 4.10. The second-order valence-electron chi connectivity index (χ2n) is 5.43. The fourth-order valence-corrected chi connectivity index (χ4v) is 2.45. The summed E-state index contributed by atoms with van der Waals surface area (Å²) < 4.78 is 5.19. The quantitative estimate of drug-likeness (QED) is 0.752. The van der Waals surface area contributed by atoms with E-state index in [9.17, 15) is 9.59 Å². The van der Waals surface area contributed by atoms with Crippen LogP contribution in [0.15, 0.2) is 64.1 Å². The molecule has 0 spiro atoms. The molecule has 0 saturated heterocycles. The van der Waals surface area contributed by atoms with E-state index in [2.05, 4.69) is 10.3 Å². The van der Waals surface area contributed by atoms with Gasteiger partial charge >= 0.3 is 5.63 Å². The van der Waals surface area contributed by atoms with Gasteiger partial charge in [0.15, 0.2) is 0 Å². The van der Waals surface area contributed by atoms with Gasteiger partial charge in [0.2, 0.25) is 0 Å². The third kappa shape index (κ3) is 3.45. The van der Waals surface area contributed by atoms with Gasteiger partial charge < -0.3 is 9.73 Å². The molecule has 0 aliphatic heterocycles. The Morgan fingerprint density at radius 3 is 2.87 bits per heavy atom. The van der Waals surface area contributed by atoms with Crippen LogP contribution in [0.4, 0.5) is 0 Å². The fraction of sp³-hybridized carbons (Fsp3) is 0.167. The highest BCUT2D eigenvalue weighted by molar-refractivity contribution is 5.96. The number of aromatic nitrogens is 1. The topological polar surface area (TPSA) is 72.2 Å². The molecule has 3 rings (SSSR count). The van der Waals surface area contributed by atoms with Crippen molar-refractivity contribution in [2.75, 3.05) is 0 Å². The second kappa shape index (κ2) is 6.44. The van der Waals surface area contributed by atoms with Crippen LogP contribution in [-0.2, 0) is 6.42 Å². The Hall–Kier alpha value is -2.95. The Morgan fingerprint density at radius 2 is 2.09 bits per heavy atom. The Morgan fingerprint density at radius 1 is 1.26 bits per heavy atom. The van der Waals surface area contributed by atoms with Crippen molar-refractivity contribution in [1.82, 2.24) is 10.3 Å². The molecular weight excluding hydrogens is 292 g/mol. The number of carbonyl (C=O) groups is 1. The molecule has 0 fully saturated rings. The summed E-state index contributed by atoms with van der Waals surface area (Å²) >= 11 is 0. The van der Waals surface area contributed by atoms with E-state index in [1.165, 1.54) is 0 Å². The van der Waals surface area contributed by atoms with Gasteiger partial charge in [0.1, 0.15) is 11.1 Å². The summed E-state index contributed by atoms with van der Waals surface area (Å²) in [7, 11) is 0. The molecule has 0 saturated carbocycles. The first-order valence-electron chi connectivity index (χ1n) is 7.36. The van der Waals surface area contributed by atoms with Gasteiger partial charge in [-0.05, 0) is 37.1 Å². The largest absolute Gasteiger partial charge is 0.422 e. The molecule has 116 valence electrons. The van der Waals surface area contributed by atoms with Crippen LogP contribution in [-0.4, -0.2) is 16.9 Å². The van der Waals surface area contributed by atoms with Crippen molar-refractivity contribution in [3.8, 4) is 0 Å². The second-order valence-corrected chi connectivity index (χ2v) is 5.43. The zero-order valence-electron chi connectivity index (χ0n) is 12.7. The Balaban J connectivity index is 1.78. The lowest BCUT2D eigenvalue weighted by atomic mass is 10.1. The molecule has 5 nitrogen and oxygen atoms in total. The number of benzene rings is 1. The van der Waals surface area contributed by atoms with E-state index in [0.717, 1.165) is 10.9 Å². The minimum absolute atomic E-state index is 0.0155. The first-order valence-corrected chi connectivity index (χ1v) is 7.36. The molecule has 0 aliphatic rings. The maximum absolute atomic E-state index is 12.3. The summed E-state index contributed by atoms with van der Waals surface area (Å²) in [6, 6.07) is 12.3. The molecule has 2 aromatic heterocycles. The average Bonchev–Trinajstić information content (AvgIpc) is 2.55. The zero-order chi connectivity index (χ0) is 16.2. The lowest BCUT2D eigenvalue weighted by molar-refractivity contribution is 0.0936. The number of carbonyl (C=O) groups excluding carboxylic acids is 1. The van der Waals surface area contributed by atoms with Crippen LogP contribution in [0.2, 0.25) is 0 Å². The molecule has 0 aliphatic carbocycles. The minimum Gasteiger partial charge on any atom is -0.422 e. The molecule has 2 heterocycles. The predicted molar refractivity (Wildman–Crippen MR) is 87.4 cm³/mol. The van der Waals surface area contributed by atoms with Gasteiger partial charge in [-0.25, -0.2) is 4.79 Å².